The maximum absolute atomic E-state index is 6.75. The van der Waals surface area contributed by atoms with Gasteiger partial charge in [-0.3, -0.25) is 0 Å². The topological polar surface area (TPSA) is 9.23 Å². The van der Waals surface area contributed by atoms with Gasteiger partial charge in [0.2, 0.25) is 0 Å². The van der Waals surface area contributed by atoms with Crippen molar-refractivity contribution in [1.29, 1.82) is 0 Å². The Morgan fingerprint density at radius 2 is 1.23 bits per heavy atom. The van der Waals surface area contributed by atoms with Gasteiger partial charge in [0.25, 0.3) is 0 Å². The second-order valence-electron chi connectivity index (χ2n) is 8.50. The maximum atomic E-state index is 6.75. The summed E-state index contributed by atoms with van der Waals surface area (Å²) in [5.41, 5.74) is 2.97. The zero-order valence-electron chi connectivity index (χ0n) is 16.0. The summed E-state index contributed by atoms with van der Waals surface area (Å²) in [6, 6.07) is 6.71. The van der Waals surface area contributed by atoms with E-state index in [0.717, 1.165) is 0 Å². The van der Waals surface area contributed by atoms with Crippen molar-refractivity contribution in [1.82, 2.24) is 0 Å². The second-order valence-corrected chi connectivity index (χ2v) is 11.1. The van der Waals surface area contributed by atoms with Gasteiger partial charge in [-0.05, 0) is 22.0 Å². The highest BCUT2D eigenvalue weighted by molar-refractivity contribution is 6.52. The summed E-state index contributed by atoms with van der Waals surface area (Å²) in [5, 5.41) is 2.55. The lowest BCUT2D eigenvalue weighted by Gasteiger charge is -2.32. The quantitative estimate of drug-likeness (QED) is 0.546. The summed E-state index contributed by atoms with van der Waals surface area (Å²) in [6.45, 7) is 18.3. The van der Waals surface area contributed by atoms with Crippen LogP contribution in [-0.2, 0) is 10.8 Å². The van der Waals surface area contributed by atoms with Gasteiger partial charge in [-0.25, -0.2) is 0 Å². The summed E-state index contributed by atoms with van der Waals surface area (Å²) >= 11 is -1.16. The van der Waals surface area contributed by atoms with Gasteiger partial charge in [-0.1, -0.05) is 97.0 Å². The van der Waals surface area contributed by atoms with Crippen LogP contribution in [0, 0.1) is 0 Å². The number of para-hydroxylation sites is 1. The molecule has 1 nitrogen and oxygen atoms in total. The third kappa shape index (κ3) is 5.32. The minimum atomic E-state index is -1.16. The third-order valence-electron chi connectivity index (χ3n) is 4.14. The number of hydrogen-bond donors (Lipinski definition) is 0. The summed E-state index contributed by atoms with van der Waals surface area (Å²) < 4.78 is 6.75. The normalized spacial score (nSPS) is 12.4. The van der Waals surface area contributed by atoms with Crippen LogP contribution in [-0.4, -0.2) is 14.5 Å². The van der Waals surface area contributed by atoms with Gasteiger partial charge >= 0.3 is 14.5 Å². The zero-order chi connectivity index (χ0) is 17.0. The Hall–Kier alpha value is -0.448. The maximum Gasteiger partial charge on any atom is 0.546 e. The lowest BCUT2D eigenvalue weighted by Crippen LogP contribution is -2.26. The number of hydrogen-bond acceptors (Lipinski definition) is 1. The average Bonchev–Trinajstić information content (AvgIpc) is 2.37. The Labute approximate surface area is 143 Å². The van der Waals surface area contributed by atoms with Crippen LogP contribution in [0.4, 0.5) is 0 Å². The summed E-state index contributed by atoms with van der Waals surface area (Å²) in [4.78, 5) is 0. The average molecular weight is 318 g/mol. The first-order chi connectivity index (χ1) is 10.1. The largest absolute Gasteiger partial charge is 0.642 e. The van der Waals surface area contributed by atoms with E-state index in [2.05, 4.69) is 73.6 Å². The van der Waals surface area contributed by atoms with E-state index in [1.54, 1.807) is 0 Å². The molecule has 0 atom stereocenters. The first-order valence-corrected chi connectivity index (χ1v) is 11.0. The van der Waals surface area contributed by atoms with Crippen LogP contribution in [0.3, 0.4) is 0 Å². The van der Waals surface area contributed by atoms with Crippen LogP contribution in [0.25, 0.3) is 0 Å². The summed E-state index contributed by atoms with van der Waals surface area (Å²) in [7, 11) is 0. The third-order valence-corrected chi connectivity index (χ3v) is 7.15. The van der Waals surface area contributed by atoms with E-state index in [-0.39, 0.29) is 10.8 Å². The zero-order valence-corrected chi connectivity index (χ0v) is 17.2. The molecule has 0 heterocycles. The van der Waals surface area contributed by atoms with Crippen molar-refractivity contribution >= 4 is 14.5 Å². The first-order valence-electron chi connectivity index (χ1n) is 8.91. The van der Waals surface area contributed by atoms with E-state index >= 15 is 0 Å². The Bertz CT molecular complexity index is 427. The fourth-order valence-corrected chi connectivity index (χ4v) is 5.32. The summed E-state index contributed by atoms with van der Waals surface area (Å²) in [5.74, 6) is 1.20. The molecule has 0 saturated carbocycles. The van der Waals surface area contributed by atoms with Crippen LogP contribution >= 0.6 is 0 Å². The molecule has 0 radical (unpaired) electrons. The number of benzene rings is 1. The van der Waals surface area contributed by atoms with E-state index in [4.69, 9.17) is 3.79 Å². The molecule has 0 spiro atoms. The Morgan fingerprint density at radius 1 is 0.818 bits per heavy atom. The van der Waals surface area contributed by atoms with Crippen molar-refractivity contribution in [2.75, 3.05) is 0 Å². The second kappa shape index (κ2) is 7.89. The van der Waals surface area contributed by atoms with Crippen LogP contribution in [0.15, 0.2) is 18.2 Å². The van der Waals surface area contributed by atoms with Crippen molar-refractivity contribution < 1.29 is 3.79 Å². The van der Waals surface area contributed by atoms with Gasteiger partial charge in [0.05, 0.1) is 5.75 Å². The van der Waals surface area contributed by atoms with Crippen molar-refractivity contribution in [3.05, 3.63) is 29.3 Å². The summed E-state index contributed by atoms with van der Waals surface area (Å²) in [6.07, 6.45) is 2.47. The smallest absolute Gasteiger partial charge is 0.546 e. The molecule has 1 aromatic carbocycles. The number of rotatable bonds is 6. The van der Waals surface area contributed by atoms with E-state index in [1.807, 2.05) is 0 Å². The molecular formula is C20H35AlO. The molecule has 0 unspecified atom stereocenters. The minimum Gasteiger partial charge on any atom is -0.642 e. The van der Waals surface area contributed by atoms with E-state index in [0.29, 0.717) is 0 Å². The first kappa shape index (κ1) is 19.6. The Balaban J connectivity index is 3.33. The lowest BCUT2D eigenvalue weighted by atomic mass is 9.80. The predicted molar refractivity (Wildman–Crippen MR) is 100 cm³/mol. The van der Waals surface area contributed by atoms with Crippen molar-refractivity contribution in [3.63, 3.8) is 0 Å². The molecule has 0 bridgehead atoms. The lowest BCUT2D eigenvalue weighted by molar-refractivity contribution is 0.479. The SMILES string of the molecule is CC[CH2][Al]([CH2]CC)[O]c1c(C(C)(C)C)cccc1C(C)(C)C. The minimum absolute atomic E-state index is 0.119. The molecule has 0 aliphatic heterocycles. The highest BCUT2D eigenvalue weighted by atomic mass is 27.2. The monoisotopic (exact) mass is 318 g/mol. The van der Waals surface area contributed by atoms with Gasteiger partial charge in [-0.15, -0.1) is 0 Å². The van der Waals surface area contributed by atoms with Gasteiger partial charge < -0.3 is 3.79 Å². The van der Waals surface area contributed by atoms with E-state index < -0.39 is 14.5 Å². The molecular weight excluding hydrogens is 283 g/mol. The molecule has 0 aliphatic rings. The highest BCUT2D eigenvalue weighted by Gasteiger charge is 2.30. The van der Waals surface area contributed by atoms with Crippen LogP contribution < -0.4 is 3.79 Å². The van der Waals surface area contributed by atoms with Gasteiger partial charge in [0.1, 0.15) is 0 Å². The van der Waals surface area contributed by atoms with Crippen LogP contribution in [0.1, 0.15) is 79.4 Å². The molecule has 22 heavy (non-hydrogen) atoms. The van der Waals surface area contributed by atoms with Crippen LogP contribution in [0.2, 0.25) is 10.6 Å². The highest BCUT2D eigenvalue weighted by Crippen LogP contribution is 2.40. The van der Waals surface area contributed by atoms with Gasteiger partial charge in [-0.2, -0.15) is 0 Å². The fourth-order valence-electron chi connectivity index (χ4n) is 2.92. The standard InChI is InChI=1S/C14H22O.2C3H7.Al/c1-13(2,3)10-8-7-9-11(12(10)15)14(4,5)6;2*1-3-2;/h7-9,15H,1-6H3;2*1,3H2,2H3;/q;;;+1/p-1. The van der Waals surface area contributed by atoms with Gasteiger partial charge in [0, 0.05) is 0 Å². The molecule has 0 fully saturated rings. The van der Waals surface area contributed by atoms with Crippen molar-refractivity contribution in [2.45, 2.75) is 89.6 Å². The molecule has 1 rings (SSSR count). The fraction of sp³-hybridized carbons (Fsp3) is 0.700. The molecule has 0 amide bonds. The molecule has 1 aromatic rings. The Morgan fingerprint density at radius 3 is 1.55 bits per heavy atom. The molecule has 0 saturated heterocycles. The predicted octanol–water partition coefficient (Wildman–Crippen LogP) is 6.47. The van der Waals surface area contributed by atoms with Crippen molar-refractivity contribution in [3.8, 4) is 5.75 Å². The molecule has 0 aromatic heterocycles. The van der Waals surface area contributed by atoms with E-state index in [9.17, 15) is 0 Å². The molecule has 2 heteroatoms. The van der Waals surface area contributed by atoms with E-state index in [1.165, 1.54) is 40.3 Å². The molecule has 0 aliphatic carbocycles. The molecule has 0 N–H and O–H groups in total. The van der Waals surface area contributed by atoms with Crippen LogP contribution in [0.5, 0.6) is 5.75 Å². The van der Waals surface area contributed by atoms with Gasteiger partial charge in [0.15, 0.2) is 0 Å². The molecule has 124 valence electrons. The Kier molecular flexibility index (Phi) is 7.03. The van der Waals surface area contributed by atoms with Crippen molar-refractivity contribution in [2.24, 2.45) is 0 Å².